The van der Waals surface area contributed by atoms with E-state index in [-0.39, 0.29) is 16.7 Å². The molecule has 4 nitrogen and oxygen atoms in total. The summed E-state index contributed by atoms with van der Waals surface area (Å²) in [5.41, 5.74) is 7.13. The summed E-state index contributed by atoms with van der Waals surface area (Å²) in [5, 5.41) is 6.94. The molecule has 0 bridgehead atoms. The van der Waals surface area contributed by atoms with Gasteiger partial charge in [0.05, 0.1) is 0 Å². The number of nitrogens with two attached hydrogens (primary N) is 1. The molecule has 2 heterocycles. The van der Waals surface area contributed by atoms with E-state index in [1.54, 1.807) is 0 Å². The minimum absolute atomic E-state index is 0.00641. The van der Waals surface area contributed by atoms with Crippen LogP contribution in [0.2, 0.25) is 0 Å². The summed E-state index contributed by atoms with van der Waals surface area (Å²) in [6.45, 7) is 4.00. The fraction of sp³-hybridized carbons (Fsp3) is 0.611. The largest absolute Gasteiger partial charge is 0.370 e. The van der Waals surface area contributed by atoms with Gasteiger partial charge in [0.25, 0.3) is 0 Å². The Morgan fingerprint density at radius 3 is 2.05 bits per heavy atom. The lowest BCUT2D eigenvalue weighted by Gasteiger charge is -2.55. The first-order valence-electron chi connectivity index (χ1n) is 8.44. The van der Waals surface area contributed by atoms with Gasteiger partial charge in [0.1, 0.15) is 0 Å². The number of rotatable bonds is 4. The van der Waals surface area contributed by atoms with Crippen molar-refractivity contribution in [2.75, 3.05) is 26.2 Å². The molecule has 2 aliphatic heterocycles. The number of hydrogen-bond donors (Lipinski definition) is 3. The van der Waals surface area contributed by atoms with Crippen LogP contribution in [0.15, 0.2) is 30.3 Å². The molecule has 2 fully saturated rings. The third kappa shape index (κ3) is 2.66. The number of nitrogens with one attached hydrogen (secondary N) is 2. The number of carbonyl (C=O) groups excluding carboxylic acids is 1. The van der Waals surface area contributed by atoms with E-state index in [2.05, 4.69) is 41.0 Å². The van der Waals surface area contributed by atoms with E-state index >= 15 is 0 Å². The smallest absolute Gasteiger partial charge is 0.218 e. The first-order valence-corrected chi connectivity index (χ1v) is 8.44. The summed E-state index contributed by atoms with van der Waals surface area (Å²) in [5.74, 6) is -0.157. The van der Waals surface area contributed by atoms with Crippen LogP contribution in [0.3, 0.4) is 0 Å². The zero-order chi connectivity index (χ0) is 15.5. The number of benzene rings is 1. The van der Waals surface area contributed by atoms with Gasteiger partial charge < -0.3 is 16.4 Å². The van der Waals surface area contributed by atoms with Crippen molar-refractivity contribution in [3.05, 3.63) is 35.9 Å². The minimum atomic E-state index is -0.157. The maximum atomic E-state index is 11.9. The molecule has 1 aromatic rings. The van der Waals surface area contributed by atoms with E-state index < -0.39 is 0 Å². The van der Waals surface area contributed by atoms with Crippen LogP contribution in [-0.2, 0) is 10.2 Å². The van der Waals surface area contributed by atoms with Gasteiger partial charge in [0.15, 0.2) is 0 Å². The van der Waals surface area contributed by atoms with Gasteiger partial charge in [-0.1, -0.05) is 30.3 Å². The first-order chi connectivity index (χ1) is 10.7. The SMILES string of the molecule is NC(=O)CC1(C2(c3ccccc3)CCNCC2)CCNCC1. The lowest BCUT2D eigenvalue weighted by atomic mass is 9.51. The van der Waals surface area contributed by atoms with Gasteiger partial charge >= 0.3 is 0 Å². The highest BCUT2D eigenvalue weighted by molar-refractivity contribution is 5.75. The first kappa shape index (κ1) is 15.5. The normalized spacial score (nSPS) is 23.8. The molecule has 0 atom stereocenters. The summed E-state index contributed by atoms with van der Waals surface area (Å²) >= 11 is 0. The third-order valence-electron chi connectivity index (χ3n) is 5.87. The maximum absolute atomic E-state index is 11.9. The molecule has 2 saturated heterocycles. The molecule has 2 aliphatic rings. The molecular formula is C18H27N3O. The Morgan fingerprint density at radius 1 is 0.955 bits per heavy atom. The van der Waals surface area contributed by atoms with Crippen LogP contribution in [0.4, 0.5) is 0 Å². The van der Waals surface area contributed by atoms with Gasteiger partial charge in [-0.05, 0) is 62.8 Å². The van der Waals surface area contributed by atoms with Crippen molar-refractivity contribution < 1.29 is 4.79 Å². The van der Waals surface area contributed by atoms with E-state index in [0.29, 0.717) is 6.42 Å². The van der Waals surface area contributed by atoms with E-state index in [4.69, 9.17) is 5.73 Å². The summed E-state index contributed by atoms with van der Waals surface area (Å²) in [4.78, 5) is 11.9. The Hall–Kier alpha value is -1.39. The van der Waals surface area contributed by atoms with Crippen molar-refractivity contribution in [3.8, 4) is 0 Å². The molecular weight excluding hydrogens is 274 g/mol. The lowest BCUT2D eigenvalue weighted by molar-refractivity contribution is -0.123. The highest BCUT2D eigenvalue weighted by Crippen LogP contribution is 2.55. The molecule has 120 valence electrons. The maximum Gasteiger partial charge on any atom is 0.218 e. The molecule has 1 aromatic carbocycles. The quantitative estimate of drug-likeness (QED) is 0.790. The van der Waals surface area contributed by atoms with Gasteiger partial charge in [-0.2, -0.15) is 0 Å². The molecule has 1 amide bonds. The van der Waals surface area contributed by atoms with Crippen molar-refractivity contribution >= 4 is 5.91 Å². The van der Waals surface area contributed by atoms with Crippen LogP contribution in [0.25, 0.3) is 0 Å². The molecule has 22 heavy (non-hydrogen) atoms. The molecule has 3 rings (SSSR count). The van der Waals surface area contributed by atoms with Crippen LogP contribution in [0.5, 0.6) is 0 Å². The van der Waals surface area contributed by atoms with E-state index in [1.165, 1.54) is 5.56 Å². The minimum Gasteiger partial charge on any atom is -0.370 e. The Labute approximate surface area is 132 Å². The van der Waals surface area contributed by atoms with E-state index in [0.717, 1.165) is 51.9 Å². The summed E-state index contributed by atoms with van der Waals surface area (Å²) in [6.07, 6.45) is 4.74. The fourth-order valence-electron chi connectivity index (χ4n) is 4.80. The number of primary amides is 1. The van der Waals surface area contributed by atoms with Gasteiger partial charge in [-0.3, -0.25) is 4.79 Å². The zero-order valence-corrected chi connectivity index (χ0v) is 13.2. The number of carbonyl (C=O) groups is 1. The Kier molecular flexibility index (Phi) is 4.50. The van der Waals surface area contributed by atoms with Crippen molar-refractivity contribution in [1.82, 2.24) is 10.6 Å². The Bertz CT molecular complexity index is 502. The average Bonchev–Trinajstić information content (AvgIpc) is 2.56. The monoisotopic (exact) mass is 301 g/mol. The highest BCUT2D eigenvalue weighted by atomic mass is 16.1. The standard InChI is InChI=1S/C18H27N3O/c19-16(22)14-17(6-10-20-11-7-17)18(8-12-21-13-9-18)15-4-2-1-3-5-15/h1-5,20-21H,6-14H2,(H2,19,22). The van der Waals surface area contributed by atoms with Gasteiger partial charge in [-0.25, -0.2) is 0 Å². The predicted molar refractivity (Wildman–Crippen MR) is 88.6 cm³/mol. The van der Waals surface area contributed by atoms with Gasteiger partial charge in [0, 0.05) is 11.8 Å². The summed E-state index contributed by atoms with van der Waals surface area (Å²) < 4.78 is 0. The van der Waals surface area contributed by atoms with Crippen LogP contribution < -0.4 is 16.4 Å². The van der Waals surface area contributed by atoms with Crippen molar-refractivity contribution in [3.63, 3.8) is 0 Å². The van der Waals surface area contributed by atoms with Crippen LogP contribution in [0, 0.1) is 5.41 Å². The van der Waals surface area contributed by atoms with Crippen LogP contribution in [0.1, 0.15) is 37.7 Å². The summed E-state index contributed by atoms with van der Waals surface area (Å²) in [6, 6.07) is 10.8. The number of hydrogen-bond acceptors (Lipinski definition) is 3. The third-order valence-corrected chi connectivity index (χ3v) is 5.87. The van der Waals surface area contributed by atoms with Crippen molar-refractivity contribution in [1.29, 1.82) is 0 Å². The topological polar surface area (TPSA) is 67.2 Å². The van der Waals surface area contributed by atoms with Crippen molar-refractivity contribution in [2.24, 2.45) is 11.1 Å². The molecule has 0 aromatic heterocycles. The van der Waals surface area contributed by atoms with E-state index in [1.807, 2.05) is 0 Å². The van der Waals surface area contributed by atoms with Crippen LogP contribution in [-0.4, -0.2) is 32.1 Å². The number of piperidine rings is 2. The molecule has 0 aliphatic carbocycles. The zero-order valence-electron chi connectivity index (χ0n) is 13.2. The predicted octanol–water partition coefficient (Wildman–Crippen LogP) is 1.55. The molecule has 4 heteroatoms. The molecule has 0 radical (unpaired) electrons. The molecule has 4 N–H and O–H groups in total. The highest BCUT2D eigenvalue weighted by Gasteiger charge is 2.53. The Morgan fingerprint density at radius 2 is 1.50 bits per heavy atom. The van der Waals surface area contributed by atoms with Gasteiger partial charge in [-0.15, -0.1) is 0 Å². The second-order valence-electron chi connectivity index (χ2n) is 6.87. The van der Waals surface area contributed by atoms with Gasteiger partial charge in [0.2, 0.25) is 5.91 Å². The fourth-order valence-corrected chi connectivity index (χ4v) is 4.80. The second-order valence-corrected chi connectivity index (χ2v) is 6.87. The summed E-state index contributed by atoms with van der Waals surface area (Å²) in [7, 11) is 0. The van der Waals surface area contributed by atoms with E-state index in [9.17, 15) is 4.79 Å². The van der Waals surface area contributed by atoms with Crippen LogP contribution >= 0.6 is 0 Å². The second kappa shape index (κ2) is 6.39. The number of amides is 1. The molecule has 0 saturated carbocycles. The lowest BCUT2D eigenvalue weighted by Crippen LogP contribution is -2.56. The molecule has 0 spiro atoms. The average molecular weight is 301 g/mol. The molecule has 0 unspecified atom stereocenters. The Balaban J connectivity index is 2.07. The van der Waals surface area contributed by atoms with Crippen molar-refractivity contribution in [2.45, 2.75) is 37.5 Å².